The van der Waals surface area contributed by atoms with Crippen molar-refractivity contribution in [3.8, 4) is 0 Å². The van der Waals surface area contributed by atoms with Gasteiger partial charge in [0.15, 0.2) is 0 Å². The SMILES string of the molecule is CN(CCN1CCCC1)C(=O)NC1(CC(=O)O)CCCC1. The van der Waals surface area contributed by atoms with Crippen molar-refractivity contribution < 1.29 is 14.7 Å². The first-order chi connectivity index (χ1) is 10.0. The van der Waals surface area contributed by atoms with Gasteiger partial charge in [-0.05, 0) is 38.8 Å². The first-order valence-electron chi connectivity index (χ1n) is 7.98. The first-order valence-corrected chi connectivity index (χ1v) is 7.98. The van der Waals surface area contributed by atoms with Gasteiger partial charge in [0.25, 0.3) is 0 Å². The van der Waals surface area contributed by atoms with E-state index >= 15 is 0 Å². The van der Waals surface area contributed by atoms with E-state index in [4.69, 9.17) is 5.11 Å². The molecule has 1 saturated carbocycles. The molecule has 2 fully saturated rings. The molecule has 0 aromatic heterocycles. The van der Waals surface area contributed by atoms with Gasteiger partial charge in [0.1, 0.15) is 0 Å². The highest BCUT2D eigenvalue weighted by molar-refractivity contribution is 5.76. The van der Waals surface area contributed by atoms with E-state index in [2.05, 4.69) is 10.2 Å². The Bertz CT molecular complexity index is 374. The molecule has 21 heavy (non-hydrogen) atoms. The van der Waals surface area contributed by atoms with Crippen molar-refractivity contribution in [1.82, 2.24) is 15.1 Å². The molecule has 2 rings (SSSR count). The van der Waals surface area contributed by atoms with E-state index in [1.54, 1.807) is 11.9 Å². The number of nitrogens with zero attached hydrogens (tertiary/aromatic N) is 2. The summed E-state index contributed by atoms with van der Waals surface area (Å²) in [6.45, 7) is 3.83. The smallest absolute Gasteiger partial charge is 0.317 e. The van der Waals surface area contributed by atoms with E-state index in [-0.39, 0.29) is 12.5 Å². The van der Waals surface area contributed by atoms with E-state index < -0.39 is 11.5 Å². The lowest BCUT2D eigenvalue weighted by Gasteiger charge is -2.31. The molecule has 2 amide bonds. The highest BCUT2D eigenvalue weighted by atomic mass is 16.4. The Morgan fingerprint density at radius 2 is 1.81 bits per heavy atom. The Morgan fingerprint density at radius 3 is 2.38 bits per heavy atom. The molecule has 1 heterocycles. The van der Waals surface area contributed by atoms with Crippen molar-refractivity contribution >= 4 is 12.0 Å². The molecule has 2 aliphatic rings. The van der Waals surface area contributed by atoms with Crippen LogP contribution in [0.25, 0.3) is 0 Å². The summed E-state index contributed by atoms with van der Waals surface area (Å²) in [6.07, 6.45) is 6.04. The van der Waals surface area contributed by atoms with Gasteiger partial charge in [-0.25, -0.2) is 4.79 Å². The van der Waals surface area contributed by atoms with Gasteiger partial charge in [0.05, 0.1) is 12.0 Å². The number of carbonyl (C=O) groups excluding carboxylic acids is 1. The second-order valence-corrected chi connectivity index (χ2v) is 6.46. The molecule has 0 aromatic rings. The van der Waals surface area contributed by atoms with Crippen LogP contribution >= 0.6 is 0 Å². The Hall–Kier alpha value is -1.30. The van der Waals surface area contributed by atoms with Crippen LogP contribution in [0.15, 0.2) is 0 Å². The fourth-order valence-electron chi connectivity index (χ4n) is 3.41. The summed E-state index contributed by atoms with van der Waals surface area (Å²) in [7, 11) is 1.79. The van der Waals surface area contributed by atoms with Crippen LogP contribution in [-0.4, -0.2) is 65.7 Å². The van der Waals surface area contributed by atoms with Gasteiger partial charge < -0.3 is 20.2 Å². The van der Waals surface area contributed by atoms with E-state index in [0.717, 1.165) is 45.3 Å². The summed E-state index contributed by atoms with van der Waals surface area (Å²) < 4.78 is 0. The molecule has 120 valence electrons. The number of urea groups is 1. The Kier molecular flexibility index (Phi) is 5.45. The van der Waals surface area contributed by atoms with Crippen molar-refractivity contribution in [3.05, 3.63) is 0 Å². The molecular formula is C15H27N3O3. The van der Waals surface area contributed by atoms with Gasteiger partial charge in [0.2, 0.25) is 0 Å². The fraction of sp³-hybridized carbons (Fsp3) is 0.867. The van der Waals surface area contributed by atoms with Crippen LogP contribution in [0, 0.1) is 0 Å². The zero-order valence-corrected chi connectivity index (χ0v) is 12.9. The molecule has 0 aromatic carbocycles. The average molecular weight is 297 g/mol. The van der Waals surface area contributed by atoms with Crippen LogP contribution in [0.3, 0.4) is 0 Å². The van der Waals surface area contributed by atoms with Gasteiger partial charge in [-0.15, -0.1) is 0 Å². The molecule has 1 aliphatic heterocycles. The Balaban J connectivity index is 1.81. The molecule has 6 nitrogen and oxygen atoms in total. The molecule has 0 radical (unpaired) electrons. The minimum absolute atomic E-state index is 0.0265. The van der Waals surface area contributed by atoms with Gasteiger partial charge in [-0.1, -0.05) is 12.8 Å². The van der Waals surface area contributed by atoms with E-state index in [0.29, 0.717) is 6.54 Å². The third-order valence-electron chi connectivity index (χ3n) is 4.72. The van der Waals surface area contributed by atoms with Gasteiger partial charge >= 0.3 is 12.0 Å². The van der Waals surface area contributed by atoms with Crippen molar-refractivity contribution in [2.45, 2.75) is 50.5 Å². The summed E-state index contributed by atoms with van der Waals surface area (Å²) in [5.41, 5.74) is -0.537. The predicted octanol–water partition coefficient (Wildman–Crippen LogP) is 1.51. The Labute approximate surface area is 126 Å². The minimum Gasteiger partial charge on any atom is -0.481 e. The lowest BCUT2D eigenvalue weighted by atomic mass is 9.93. The second-order valence-electron chi connectivity index (χ2n) is 6.46. The molecule has 6 heteroatoms. The maximum Gasteiger partial charge on any atom is 0.317 e. The van der Waals surface area contributed by atoms with Crippen LogP contribution < -0.4 is 5.32 Å². The lowest BCUT2D eigenvalue weighted by molar-refractivity contribution is -0.138. The fourth-order valence-corrected chi connectivity index (χ4v) is 3.41. The molecule has 0 unspecified atom stereocenters. The van der Waals surface area contributed by atoms with Crippen molar-refractivity contribution in [2.24, 2.45) is 0 Å². The summed E-state index contributed by atoms with van der Waals surface area (Å²) in [6, 6.07) is -0.141. The van der Waals surface area contributed by atoms with Crippen molar-refractivity contribution in [1.29, 1.82) is 0 Å². The zero-order valence-electron chi connectivity index (χ0n) is 12.9. The van der Waals surface area contributed by atoms with Crippen LogP contribution in [-0.2, 0) is 4.79 Å². The summed E-state index contributed by atoms with van der Waals surface area (Å²) >= 11 is 0. The highest BCUT2D eigenvalue weighted by Gasteiger charge is 2.38. The minimum atomic E-state index is -0.836. The monoisotopic (exact) mass is 297 g/mol. The number of hydrogen-bond acceptors (Lipinski definition) is 3. The predicted molar refractivity (Wildman–Crippen MR) is 80.3 cm³/mol. The molecule has 0 spiro atoms. The molecule has 2 N–H and O–H groups in total. The standard InChI is InChI=1S/C15H27N3O3/c1-17(10-11-18-8-4-5-9-18)14(21)16-15(12-13(19)20)6-2-3-7-15/h2-12H2,1H3,(H,16,21)(H,19,20). The maximum atomic E-state index is 12.3. The highest BCUT2D eigenvalue weighted by Crippen LogP contribution is 2.32. The maximum absolute atomic E-state index is 12.3. The van der Waals surface area contributed by atoms with Gasteiger partial charge in [0, 0.05) is 20.1 Å². The van der Waals surface area contributed by atoms with Gasteiger partial charge in [-0.2, -0.15) is 0 Å². The lowest BCUT2D eigenvalue weighted by Crippen LogP contribution is -2.52. The number of amides is 2. The third kappa shape index (κ3) is 4.59. The number of likely N-dealkylation sites (N-methyl/N-ethyl adjacent to an activating group) is 1. The first kappa shape index (κ1) is 16.1. The normalized spacial score (nSPS) is 21.4. The van der Waals surface area contributed by atoms with Crippen LogP contribution in [0.2, 0.25) is 0 Å². The topological polar surface area (TPSA) is 72.9 Å². The summed E-state index contributed by atoms with van der Waals surface area (Å²) in [5, 5.41) is 12.1. The third-order valence-corrected chi connectivity index (χ3v) is 4.72. The number of carboxylic acid groups (broad SMARTS) is 1. The number of nitrogens with one attached hydrogen (secondary N) is 1. The van der Waals surface area contributed by atoms with E-state index in [1.165, 1.54) is 12.8 Å². The number of rotatable bonds is 6. The molecule has 1 saturated heterocycles. The quantitative estimate of drug-likeness (QED) is 0.779. The number of carbonyl (C=O) groups is 2. The van der Waals surface area contributed by atoms with Crippen LogP contribution in [0.5, 0.6) is 0 Å². The number of aliphatic carboxylic acids is 1. The van der Waals surface area contributed by atoms with E-state index in [1.807, 2.05) is 0 Å². The zero-order chi connectivity index (χ0) is 15.3. The number of likely N-dealkylation sites (tertiary alicyclic amines) is 1. The van der Waals surface area contributed by atoms with Crippen molar-refractivity contribution in [2.75, 3.05) is 33.2 Å². The van der Waals surface area contributed by atoms with Crippen molar-refractivity contribution in [3.63, 3.8) is 0 Å². The molecule has 0 atom stereocenters. The summed E-state index contributed by atoms with van der Waals surface area (Å²) in [5.74, 6) is -0.836. The molecular weight excluding hydrogens is 270 g/mol. The van der Waals surface area contributed by atoms with Crippen LogP contribution in [0.4, 0.5) is 4.79 Å². The summed E-state index contributed by atoms with van der Waals surface area (Å²) in [4.78, 5) is 27.4. The van der Waals surface area contributed by atoms with Gasteiger partial charge in [-0.3, -0.25) is 4.79 Å². The van der Waals surface area contributed by atoms with E-state index in [9.17, 15) is 9.59 Å². The Morgan fingerprint density at radius 1 is 1.19 bits per heavy atom. The largest absolute Gasteiger partial charge is 0.481 e. The molecule has 0 bridgehead atoms. The van der Waals surface area contributed by atoms with Crippen LogP contribution in [0.1, 0.15) is 44.9 Å². The second kappa shape index (κ2) is 7.11. The number of carboxylic acids is 1. The molecule has 1 aliphatic carbocycles. The number of hydrogen-bond donors (Lipinski definition) is 2. The average Bonchev–Trinajstić information content (AvgIpc) is 3.07.